The highest BCUT2D eigenvalue weighted by molar-refractivity contribution is 7.89. The van der Waals surface area contributed by atoms with Crippen molar-refractivity contribution in [3.63, 3.8) is 0 Å². The molecule has 4 rings (SSSR count). The molecule has 1 aliphatic rings. The lowest BCUT2D eigenvalue weighted by atomic mass is 10.2. The molecule has 0 spiro atoms. The van der Waals surface area contributed by atoms with Crippen molar-refractivity contribution >= 4 is 39.0 Å². The number of benzene rings is 3. The number of piperazine rings is 1. The Morgan fingerprint density at radius 1 is 0.850 bits per heavy atom. The smallest absolute Gasteiger partial charge is 0.321 e. The number of ether oxygens (including phenoxy) is 1. The van der Waals surface area contributed by atoms with Gasteiger partial charge in [-0.1, -0.05) is 25.1 Å². The highest BCUT2D eigenvalue weighted by Crippen LogP contribution is 2.21. The molecule has 11 heteroatoms. The number of nitrogens with one attached hydrogen (secondary N) is 2. The molecule has 0 atom stereocenters. The number of rotatable bonds is 10. The molecule has 0 bridgehead atoms. The largest absolute Gasteiger partial charge is 0.497 e. The van der Waals surface area contributed by atoms with E-state index in [4.69, 9.17) is 4.74 Å². The minimum atomic E-state index is -3.77. The first-order chi connectivity index (χ1) is 19.3. The maximum absolute atomic E-state index is 13.0. The normalized spacial score (nSPS) is 13.7. The second-order valence-corrected chi connectivity index (χ2v) is 11.3. The Labute approximate surface area is 235 Å². The van der Waals surface area contributed by atoms with Crippen molar-refractivity contribution in [3.05, 3.63) is 78.9 Å². The van der Waals surface area contributed by atoms with Crippen molar-refractivity contribution in [1.29, 1.82) is 0 Å². The Balaban J connectivity index is 1.28. The van der Waals surface area contributed by atoms with Gasteiger partial charge in [-0.2, -0.15) is 4.31 Å². The number of amides is 3. The van der Waals surface area contributed by atoms with Crippen molar-refractivity contribution in [3.8, 4) is 5.75 Å². The van der Waals surface area contributed by atoms with Crippen molar-refractivity contribution in [1.82, 2.24) is 9.21 Å². The molecular weight excluding hydrogens is 530 g/mol. The molecule has 0 aromatic heterocycles. The fraction of sp³-hybridized carbons (Fsp3) is 0.310. The molecule has 3 amide bonds. The van der Waals surface area contributed by atoms with Gasteiger partial charge in [-0.25, -0.2) is 13.2 Å². The van der Waals surface area contributed by atoms with Crippen LogP contribution < -0.4 is 20.3 Å². The lowest BCUT2D eigenvalue weighted by molar-refractivity contribution is -0.116. The lowest BCUT2D eigenvalue weighted by Gasteiger charge is -2.36. The molecule has 1 aliphatic heterocycles. The minimum Gasteiger partial charge on any atom is -0.497 e. The van der Waals surface area contributed by atoms with E-state index in [-0.39, 0.29) is 24.0 Å². The van der Waals surface area contributed by atoms with E-state index in [0.29, 0.717) is 44.0 Å². The molecule has 3 aromatic carbocycles. The van der Waals surface area contributed by atoms with Gasteiger partial charge in [-0.05, 0) is 67.1 Å². The van der Waals surface area contributed by atoms with Gasteiger partial charge in [0.1, 0.15) is 5.75 Å². The van der Waals surface area contributed by atoms with Crippen LogP contribution in [0.15, 0.2) is 83.8 Å². The van der Waals surface area contributed by atoms with Gasteiger partial charge in [0.2, 0.25) is 15.9 Å². The molecule has 0 unspecified atom stereocenters. The summed E-state index contributed by atoms with van der Waals surface area (Å²) >= 11 is 0. The number of nitrogens with zero attached hydrogens (tertiary/aromatic N) is 3. The van der Waals surface area contributed by atoms with Gasteiger partial charge in [-0.3, -0.25) is 4.79 Å². The minimum absolute atomic E-state index is 0.144. The van der Waals surface area contributed by atoms with Crippen LogP contribution in [0.2, 0.25) is 0 Å². The van der Waals surface area contributed by atoms with Gasteiger partial charge in [0.25, 0.3) is 0 Å². The number of urea groups is 1. The summed E-state index contributed by atoms with van der Waals surface area (Å²) < 4.78 is 32.4. The average molecular weight is 566 g/mol. The fourth-order valence-corrected chi connectivity index (χ4v) is 5.95. The van der Waals surface area contributed by atoms with E-state index in [9.17, 15) is 18.0 Å². The standard InChI is InChI=1S/C29H35N5O5S/c1-3-17-34(40(37,38)27-7-5-4-6-8-27)22-28(35)30-23-9-13-25(14-10-23)32-18-20-33(21-19-32)29(36)31-24-11-15-26(39-2)16-12-24/h4-16H,3,17-22H2,1-2H3,(H,30,35)(H,31,36). The first-order valence-electron chi connectivity index (χ1n) is 13.2. The van der Waals surface area contributed by atoms with Gasteiger partial charge in [-0.15, -0.1) is 0 Å². The van der Waals surface area contributed by atoms with Crippen LogP contribution in [0.1, 0.15) is 13.3 Å². The van der Waals surface area contributed by atoms with E-state index < -0.39 is 15.9 Å². The van der Waals surface area contributed by atoms with E-state index in [1.54, 1.807) is 66.6 Å². The number of methoxy groups -OCH3 is 1. The second kappa shape index (κ2) is 13.3. The fourth-order valence-electron chi connectivity index (χ4n) is 4.44. The Bertz CT molecular complexity index is 1370. The lowest BCUT2D eigenvalue weighted by Crippen LogP contribution is -2.50. The number of carbonyl (C=O) groups excluding carboxylic acids is 2. The third-order valence-electron chi connectivity index (χ3n) is 6.60. The van der Waals surface area contributed by atoms with Gasteiger partial charge in [0.15, 0.2) is 0 Å². The Kier molecular flexibility index (Phi) is 9.62. The molecular formula is C29H35N5O5S. The predicted molar refractivity (Wildman–Crippen MR) is 156 cm³/mol. The van der Waals surface area contributed by atoms with Crippen LogP contribution in [0.4, 0.5) is 21.9 Å². The van der Waals surface area contributed by atoms with Crippen LogP contribution in [0.5, 0.6) is 5.75 Å². The van der Waals surface area contributed by atoms with E-state index in [2.05, 4.69) is 15.5 Å². The highest BCUT2D eigenvalue weighted by atomic mass is 32.2. The monoisotopic (exact) mass is 565 g/mol. The molecule has 1 heterocycles. The van der Waals surface area contributed by atoms with Crippen molar-refractivity contribution < 1.29 is 22.7 Å². The molecule has 10 nitrogen and oxygen atoms in total. The molecule has 0 radical (unpaired) electrons. The third kappa shape index (κ3) is 7.30. The topological polar surface area (TPSA) is 111 Å². The van der Waals surface area contributed by atoms with Crippen molar-refractivity contribution in [2.45, 2.75) is 18.2 Å². The molecule has 1 fully saturated rings. The first kappa shape index (κ1) is 28.9. The quantitative estimate of drug-likeness (QED) is 0.383. The third-order valence-corrected chi connectivity index (χ3v) is 8.46. The predicted octanol–water partition coefficient (Wildman–Crippen LogP) is 4.09. The average Bonchev–Trinajstić information content (AvgIpc) is 2.98. The zero-order chi connectivity index (χ0) is 28.5. The summed E-state index contributed by atoms with van der Waals surface area (Å²) in [5.41, 5.74) is 2.27. The van der Waals surface area contributed by atoms with Crippen LogP contribution in [0.3, 0.4) is 0 Å². The second-order valence-electron chi connectivity index (χ2n) is 9.38. The SMILES string of the molecule is CCCN(CC(=O)Nc1ccc(N2CCN(C(=O)Nc3ccc(OC)cc3)CC2)cc1)S(=O)(=O)c1ccccc1. The van der Waals surface area contributed by atoms with E-state index in [1.165, 1.54) is 16.4 Å². The number of anilines is 3. The molecule has 0 aliphatic carbocycles. The van der Waals surface area contributed by atoms with E-state index in [1.807, 2.05) is 19.1 Å². The Morgan fingerprint density at radius 2 is 1.45 bits per heavy atom. The molecule has 40 heavy (non-hydrogen) atoms. The summed E-state index contributed by atoms with van der Waals surface area (Å²) in [4.78, 5) is 29.5. The van der Waals surface area contributed by atoms with Gasteiger partial charge in [0.05, 0.1) is 18.6 Å². The zero-order valence-electron chi connectivity index (χ0n) is 22.7. The molecule has 0 saturated carbocycles. The molecule has 212 valence electrons. The van der Waals surface area contributed by atoms with Crippen LogP contribution in [-0.4, -0.2) is 75.9 Å². The van der Waals surface area contributed by atoms with Crippen LogP contribution in [-0.2, 0) is 14.8 Å². The molecule has 1 saturated heterocycles. The Hall–Kier alpha value is -4.09. The Morgan fingerprint density at radius 3 is 2.05 bits per heavy atom. The summed E-state index contributed by atoms with van der Waals surface area (Å²) in [5.74, 6) is 0.323. The number of sulfonamides is 1. The number of carbonyl (C=O) groups is 2. The zero-order valence-corrected chi connectivity index (χ0v) is 23.6. The molecule has 3 aromatic rings. The van der Waals surface area contributed by atoms with Gasteiger partial charge < -0.3 is 25.2 Å². The summed E-state index contributed by atoms with van der Waals surface area (Å²) in [6.07, 6.45) is 0.588. The maximum atomic E-state index is 13.0. The van der Waals surface area contributed by atoms with Gasteiger partial charge >= 0.3 is 6.03 Å². The van der Waals surface area contributed by atoms with Crippen molar-refractivity contribution in [2.24, 2.45) is 0 Å². The van der Waals surface area contributed by atoms with E-state index in [0.717, 1.165) is 11.4 Å². The summed E-state index contributed by atoms with van der Waals surface area (Å²) in [7, 11) is -2.18. The first-order valence-corrected chi connectivity index (χ1v) is 14.6. The van der Waals surface area contributed by atoms with Crippen LogP contribution in [0.25, 0.3) is 0 Å². The van der Waals surface area contributed by atoms with Gasteiger partial charge in [0, 0.05) is 49.8 Å². The summed E-state index contributed by atoms with van der Waals surface area (Å²) in [6.45, 7) is 4.34. The van der Waals surface area contributed by atoms with Crippen molar-refractivity contribution in [2.75, 3.05) is 61.9 Å². The van der Waals surface area contributed by atoms with Crippen LogP contribution >= 0.6 is 0 Å². The highest BCUT2D eigenvalue weighted by Gasteiger charge is 2.26. The van der Waals surface area contributed by atoms with E-state index >= 15 is 0 Å². The van der Waals surface area contributed by atoms with Crippen LogP contribution in [0, 0.1) is 0 Å². The number of hydrogen-bond donors (Lipinski definition) is 2. The molecule has 2 N–H and O–H groups in total. The maximum Gasteiger partial charge on any atom is 0.321 e. The summed E-state index contributed by atoms with van der Waals surface area (Å²) in [5, 5.41) is 5.72. The number of hydrogen-bond acceptors (Lipinski definition) is 6. The summed E-state index contributed by atoms with van der Waals surface area (Å²) in [6, 6.07) is 22.6.